The van der Waals surface area contributed by atoms with Gasteiger partial charge < -0.3 is 4.90 Å². The Balaban J connectivity index is 3.66. The normalized spacial score (nSPS) is 12.0. The fourth-order valence-electron chi connectivity index (χ4n) is 1.62. The van der Waals surface area contributed by atoms with Gasteiger partial charge in [-0.05, 0) is 45.7 Å². The number of rotatable bonds is 8. The largest absolute Gasteiger partial charge is 0.301 e. The summed E-state index contributed by atoms with van der Waals surface area (Å²) in [5, 5.41) is 0. The molecular weight excluding hydrogens is 170 g/mol. The van der Waals surface area contributed by atoms with E-state index in [4.69, 9.17) is 0 Å². The summed E-state index contributed by atoms with van der Waals surface area (Å²) < 4.78 is 0. The van der Waals surface area contributed by atoms with Crippen LogP contribution in [0.5, 0.6) is 0 Å². The molecule has 0 atom stereocenters. The number of unbranched alkanes of at least 4 members (excludes halogenated alkanes) is 2. The van der Waals surface area contributed by atoms with Crippen LogP contribution in [0.2, 0.25) is 0 Å². The quantitative estimate of drug-likeness (QED) is 0.535. The lowest BCUT2D eigenvalue weighted by Gasteiger charge is -2.27. The van der Waals surface area contributed by atoms with Crippen LogP contribution < -0.4 is 0 Å². The van der Waals surface area contributed by atoms with E-state index in [-0.39, 0.29) is 0 Å². The van der Waals surface area contributed by atoms with Gasteiger partial charge in [0, 0.05) is 6.04 Å². The van der Waals surface area contributed by atoms with Crippen LogP contribution in [0.15, 0.2) is 0 Å². The minimum absolute atomic E-state index is 0.714. The van der Waals surface area contributed by atoms with Crippen molar-refractivity contribution < 1.29 is 0 Å². The van der Waals surface area contributed by atoms with E-state index in [0.29, 0.717) is 6.04 Å². The molecule has 0 aromatic heterocycles. The van der Waals surface area contributed by atoms with Gasteiger partial charge in [0.2, 0.25) is 0 Å². The molecule has 0 N–H and O–H groups in total. The van der Waals surface area contributed by atoms with Crippen LogP contribution >= 0.6 is 0 Å². The van der Waals surface area contributed by atoms with E-state index < -0.39 is 0 Å². The average molecular weight is 199 g/mol. The van der Waals surface area contributed by atoms with Gasteiger partial charge in [0.1, 0.15) is 0 Å². The third kappa shape index (κ3) is 7.37. The maximum absolute atomic E-state index is 2.62. The summed E-state index contributed by atoms with van der Waals surface area (Å²) in [5.74, 6) is 0.836. The van der Waals surface area contributed by atoms with Crippen molar-refractivity contribution >= 4 is 0 Å². The lowest BCUT2D eigenvalue weighted by molar-refractivity contribution is 0.205. The van der Waals surface area contributed by atoms with Crippen LogP contribution in [-0.4, -0.2) is 24.0 Å². The Labute approximate surface area is 90.9 Å². The fourth-order valence-corrected chi connectivity index (χ4v) is 1.62. The summed E-state index contributed by atoms with van der Waals surface area (Å²) in [6.07, 6.45) is 5.41. The maximum Gasteiger partial charge on any atom is 0.00385 e. The second-order valence-corrected chi connectivity index (χ2v) is 5.02. The highest BCUT2D eigenvalue weighted by Crippen LogP contribution is 2.07. The third-order valence-corrected chi connectivity index (χ3v) is 2.77. The molecule has 0 aliphatic carbocycles. The van der Waals surface area contributed by atoms with Crippen molar-refractivity contribution in [1.82, 2.24) is 4.90 Å². The van der Waals surface area contributed by atoms with E-state index in [2.05, 4.69) is 39.5 Å². The molecule has 0 aliphatic rings. The zero-order valence-electron chi connectivity index (χ0n) is 10.8. The van der Waals surface area contributed by atoms with E-state index in [1.54, 1.807) is 0 Å². The van der Waals surface area contributed by atoms with Gasteiger partial charge in [0.05, 0.1) is 0 Å². The monoisotopic (exact) mass is 199 g/mol. The molecule has 0 rings (SSSR count). The van der Waals surface area contributed by atoms with Gasteiger partial charge in [0.25, 0.3) is 0 Å². The molecule has 0 amide bonds. The van der Waals surface area contributed by atoms with Crippen LogP contribution in [0.3, 0.4) is 0 Å². The van der Waals surface area contributed by atoms with Gasteiger partial charge in [-0.15, -0.1) is 0 Å². The van der Waals surface area contributed by atoms with Crippen molar-refractivity contribution in [2.75, 3.05) is 13.1 Å². The molecule has 0 unspecified atom stereocenters. The summed E-state index contributed by atoms with van der Waals surface area (Å²) in [5.41, 5.74) is 0. The first-order chi connectivity index (χ1) is 6.57. The second kappa shape index (κ2) is 8.28. The predicted molar refractivity (Wildman–Crippen MR) is 65.7 cm³/mol. The molecule has 0 heterocycles. The smallest absolute Gasteiger partial charge is 0.00385 e. The zero-order chi connectivity index (χ0) is 11.0. The first kappa shape index (κ1) is 14.0. The number of nitrogens with zero attached hydrogens (tertiary/aromatic N) is 1. The van der Waals surface area contributed by atoms with Crippen LogP contribution in [-0.2, 0) is 0 Å². The second-order valence-electron chi connectivity index (χ2n) is 5.02. The molecule has 0 saturated carbocycles. The molecule has 0 aromatic carbocycles. The van der Waals surface area contributed by atoms with Crippen molar-refractivity contribution in [1.29, 1.82) is 0 Å². The van der Waals surface area contributed by atoms with E-state index in [9.17, 15) is 0 Å². The maximum atomic E-state index is 2.62. The van der Waals surface area contributed by atoms with Crippen LogP contribution in [0.1, 0.15) is 60.3 Å². The minimum Gasteiger partial charge on any atom is -0.301 e. The van der Waals surface area contributed by atoms with Gasteiger partial charge in [-0.3, -0.25) is 0 Å². The van der Waals surface area contributed by atoms with Gasteiger partial charge in [0.15, 0.2) is 0 Å². The fraction of sp³-hybridized carbons (Fsp3) is 1.00. The molecule has 0 saturated heterocycles. The molecule has 0 aliphatic heterocycles. The first-order valence-electron chi connectivity index (χ1n) is 6.32. The highest BCUT2D eigenvalue weighted by molar-refractivity contribution is 4.63. The Morgan fingerprint density at radius 2 is 1.57 bits per heavy atom. The average Bonchev–Trinajstić information content (AvgIpc) is 2.10. The number of hydrogen-bond acceptors (Lipinski definition) is 1. The minimum atomic E-state index is 0.714. The standard InChI is InChI=1S/C13H29N/c1-6-7-8-10-14(13(4)5)11-9-12(2)3/h12-13H,6-11H2,1-5H3. The van der Waals surface area contributed by atoms with Gasteiger partial charge in [-0.1, -0.05) is 33.6 Å². The Morgan fingerprint density at radius 3 is 2.00 bits per heavy atom. The van der Waals surface area contributed by atoms with E-state index in [1.165, 1.54) is 38.8 Å². The Morgan fingerprint density at radius 1 is 0.929 bits per heavy atom. The van der Waals surface area contributed by atoms with E-state index in [1.807, 2.05) is 0 Å². The molecule has 0 bridgehead atoms. The predicted octanol–water partition coefficient (Wildman–Crippen LogP) is 3.93. The summed E-state index contributed by atoms with van der Waals surface area (Å²) in [6.45, 7) is 14.1. The zero-order valence-corrected chi connectivity index (χ0v) is 10.8. The summed E-state index contributed by atoms with van der Waals surface area (Å²) in [6, 6.07) is 0.714. The van der Waals surface area contributed by atoms with Crippen LogP contribution in [0.25, 0.3) is 0 Å². The highest BCUT2D eigenvalue weighted by Gasteiger charge is 2.08. The highest BCUT2D eigenvalue weighted by atomic mass is 15.1. The SMILES string of the molecule is CCCCCN(CCC(C)C)C(C)C. The molecule has 0 radical (unpaired) electrons. The molecule has 86 valence electrons. The van der Waals surface area contributed by atoms with Crippen molar-refractivity contribution in [2.24, 2.45) is 5.92 Å². The van der Waals surface area contributed by atoms with Crippen LogP contribution in [0, 0.1) is 5.92 Å². The molecule has 14 heavy (non-hydrogen) atoms. The van der Waals surface area contributed by atoms with E-state index >= 15 is 0 Å². The Hall–Kier alpha value is -0.0400. The number of hydrogen-bond donors (Lipinski definition) is 0. The molecule has 1 nitrogen and oxygen atoms in total. The topological polar surface area (TPSA) is 3.24 Å². The van der Waals surface area contributed by atoms with Gasteiger partial charge in [-0.2, -0.15) is 0 Å². The molecular formula is C13H29N. The Bertz CT molecular complexity index is 118. The molecule has 0 aromatic rings. The van der Waals surface area contributed by atoms with Gasteiger partial charge in [-0.25, -0.2) is 0 Å². The molecule has 0 fully saturated rings. The molecule has 1 heteroatoms. The van der Waals surface area contributed by atoms with Crippen molar-refractivity contribution in [2.45, 2.75) is 66.3 Å². The summed E-state index contributed by atoms with van der Waals surface area (Å²) >= 11 is 0. The summed E-state index contributed by atoms with van der Waals surface area (Å²) in [4.78, 5) is 2.62. The molecule has 0 spiro atoms. The summed E-state index contributed by atoms with van der Waals surface area (Å²) in [7, 11) is 0. The lowest BCUT2D eigenvalue weighted by Crippen LogP contribution is -2.33. The van der Waals surface area contributed by atoms with Gasteiger partial charge >= 0.3 is 0 Å². The first-order valence-corrected chi connectivity index (χ1v) is 6.32. The third-order valence-electron chi connectivity index (χ3n) is 2.77. The Kier molecular flexibility index (Phi) is 8.26. The van der Waals surface area contributed by atoms with Crippen LogP contribution in [0.4, 0.5) is 0 Å². The van der Waals surface area contributed by atoms with Crippen molar-refractivity contribution in [3.05, 3.63) is 0 Å². The lowest BCUT2D eigenvalue weighted by atomic mass is 10.1. The van der Waals surface area contributed by atoms with Crippen molar-refractivity contribution in [3.63, 3.8) is 0 Å². The van der Waals surface area contributed by atoms with E-state index in [0.717, 1.165) is 5.92 Å². The van der Waals surface area contributed by atoms with Crippen molar-refractivity contribution in [3.8, 4) is 0 Å².